The van der Waals surface area contributed by atoms with Crippen LogP contribution in [0.5, 0.6) is 0 Å². The van der Waals surface area contributed by atoms with Gasteiger partial charge in [-0.3, -0.25) is 9.59 Å². The van der Waals surface area contributed by atoms with Gasteiger partial charge in [0.15, 0.2) is 10.1 Å². The zero-order chi connectivity index (χ0) is 58.5. The Labute approximate surface area is 486 Å². The summed E-state index contributed by atoms with van der Waals surface area (Å²) in [5, 5.41) is 15.6. The van der Waals surface area contributed by atoms with Gasteiger partial charge in [0.1, 0.15) is 39.6 Å². The van der Waals surface area contributed by atoms with Crippen molar-refractivity contribution in [3.8, 4) is 6.07 Å². The highest BCUT2D eigenvalue weighted by Crippen LogP contribution is 2.43. The Balaban J connectivity index is 0.000000233. The molecular formula is C59H74BrN13O6S2. The number of rotatable bonds is 2. The first-order valence-corrected chi connectivity index (χ1v) is 30.9. The van der Waals surface area contributed by atoms with E-state index in [1.54, 1.807) is 60.7 Å². The standard InChI is InChI=1S/C30H35N7O3S.C29H35BrN6O3S.2H2/c1-29(2,3)24-15-13-21-27(34-24)37-18-19(16-30(37,4)5)12-14-23(22-9-6-8-20(17-31)32-22)33-25-10-7-11-26(35-25)41(39,40)36-28(21)38;1-28(2,3)22-15-13-19-26(33-22)36-17-18(16-29(36,4)5)12-14-21(20-8-6-9-23(30)31-20)32-24-10-7-11-25(34-24)40(38,39)35-27(19)37;;/h6-11,13,15,19,23H,12,14,16,18H2,1-5H3,(H,33,35)(H,36,38);6-11,13,15,18,21H,12,14,16-17H2,1-5H3,(H,32,34)(H,35,37);2*1H/t19-,23+;18-,21+;;/m00../s1. The molecule has 0 aliphatic carbocycles. The topological polar surface area (TPSA) is 258 Å². The third-order valence-corrected chi connectivity index (χ3v) is 18.3. The molecule has 0 spiro atoms. The van der Waals surface area contributed by atoms with Crippen molar-refractivity contribution in [3.63, 3.8) is 0 Å². The van der Waals surface area contributed by atoms with Crippen LogP contribution in [0.4, 0.5) is 23.3 Å². The van der Waals surface area contributed by atoms with Gasteiger partial charge in [0.2, 0.25) is 0 Å². The van der Waals surface area contributed by atoms with E-state index in [1.165, 1.54) is 12.1 Å². The Morgan fingerprint density at radius 2 is 0.988 bits per heavy atom. The van der Waals surface area contributed by atoms with Crippen LogP contribution < -0.4 is 29.9 Å². The van der Waals surface area contributed by atoms with E-state index >= 15 is 0 Å². The average molecular weight is 1210 g/mol. The number of pyridine rings is 6. The molecule has 8 bridgehead atoms. The van der Waals surface area contributed by atoms with Crippen LogP contribution >= 0.6 is 15.9 Å². The second-order valence-electron chi connectivity index (χ2n) is 24.7. The van der Waals surface area contributed by atoms with Gasteiger partial charge < -0.3 is 20.4 Å². The molecule has 2 fully saturated rings. The smallest absolute Gasteiger partial charge is 0.281 e. The molecule has 0 aromatic carbocycles. The summed E-state index contributed by atoms with van der Waals surface area (Å²) in [5.41, 5.74) is 2.74. The highest BCUT2D eigenvalue weighted by atomic mass is 79.9. The maximum atomic E-state index is 13.6. The molecule has 22 heteroatoms. The molecule has 0 unspecified atom stereocenters. The maximum Gasteiger partial charge on any atom is 0.281 e. The van der Waals surface area contributed by atoms with E-state index in [2.05, 4.69) is 141 Å². The van der Waals surface area contributed by atoms with Crippen LogP contribution in [0, 0.1) is 23.2 Å². The molecule has 0 radical (unpaired) electrons. The monoisotopic (exact) mass is 1200 g/mol. The molecule has 430 valence electrons. The third kappa shape index (κ3) is 13.2. The van der Waals surface area contributed by atoms with E-state index in [1.807, 2.05) is 24.3 Å². The summed E-state index contributed by atoms with van der Waals surface area (Å²) >= 11 is 3.47. The number of fused-ring (bicyclic) bond motifs is 12. The first-order chi connectivity index (χ1) is 38.0. The van der Waals surface area contributed by atoms with Gasteiger partial charge in [-0.1, -0.05) is 65.8 Å². The molecule has 6 aromatic rings. The van der Waals surface area contributed by atoms with Crippen LogP contribution in [-0.2, 0) is 30.9 Å². The number of hydrogen-bond acceptors (Lipinski definition) is 17. The number of hydrogen-bond donors (Lipinski definition) is 4. The SMILES string of the molecule is CC(C)(C)c1ccc2c(n1)N1C[C@@H](CC[C@H](c3cccc(Br)n3)Nc3cccc(n3)S(=O)(=O)NC2=O)CC1(C)C.CC(C)(C)c1ccc2c(n1)N1C[C@@H](CC[C@H](c3cccc(C#N)n3)Nc3cccc(n3)S(=O)(=O)NC2=O)CC1(C)C.[HH].[HH]. The number of nitriles is 1. The summed E-state index contributed by atoms with van der Waals surface area (Å²) in [6, 6.07) is 28.9. The average Bonchev–Trinajstić information content (AvgIpc) is 3.90. The lowest BCUT2D eigenvalue weighted by Gasteiger charge is -2.34. The summed E-state index contributed by atoms with van der Waals surface area (Å²) in [5.74, 6) is 0.830. The first-order valence-electron chi connectivity index (χ1n) is 27.2. The van der Waals surface area contributed by atoms with Crippen molar-refractivity contribution in [1.82, 2.24) is 39.3 Å². The number of anilines is 4. The van der Waals surface area contributed by atoms with Crippen LogP contribution in [0.2, 0.25) is 0 Å². The van der Waals surface area contributed by atoms with Crippen molar-refractivity contribution in [2.75, 3.05) is 33.5 Å². The van der Waals surface area contributed by atoms with Gasteiger partial charge in [0.05, 0.1) is 34.6 Å². The number of halogens is 1. The minimum atomic E-state index is -4.30. The molecule has 81 heavy (non-hydrogen) atoms. The molecule has 19 nitrogen and oxygen atoms in total. The predicted molar refractivity (Wildman–Crippen MR) is 319 cm³/mol. The molecule has 4 atom stereocenters. The lowest BCUT2D eigenvalue weighted by atomic mass is 9.90. The van der Waals surface area contributed by atoms with Gasteiger partial charge in [-0.2, -0.15) is 22.1 Å². The largest absolute Gasteiger partial charge is 0.362 e. The van der Waals surface area contributed by atoms with Crippen LogP contribution in [-0.4, -0.2) is 82.7 Å². The van der Waals surface area contributed by atoms with E-state index in [4.69, 9.17) is 9.97 Å². The van der Waals surface area contributed by atoms with Gasteiger partial charge in [-0.15, -0.1) is 0 Å². The highest BCUT2D eigenvalue weighted by Gasteiger charge is 2.43. The van der Waals surface area contributed by atoms with Crippen molar-refractivity contribution in [3.05, 3.63) is 141 Å². The number of carbonyl (C=O) groups is 2. The summed E-state index contributed by atoms with van der Waals surface area (Å²) in [6.07, 6.45) is 4.92. The van der Waals surface area contributed by atoms with E-state index < -0.39 is 31.9 Å². The first kappa shape index (κ1) is 58.6. The summed E-state index contributed by atoms with van der Waals surface area (Å²) in [6.45, 7) is 22.3. The number of nitrogens with one attached hydrogen (secondary N) is 4. The van der Waals surface area contributed by atoms with Crippen molar-refractivity contribution in [2.45, 2.75) is 152 Å². The minimum absolute atomic E-state index is 0. The number of aromatic nitrogens is 6. The van der Waals surface area contributed by atoms with Gasteiger partial charge in [-0.05, 0) is 167 Å². The summed E-state index contributed by atoms with van der Waals surface area (Å²) in [4.78, 5) is 59.2. The van der Waals surface area contributed by atoms with Crippen molar-refractivity contribution in [2.24, 2.45) is 11.8 Å². The maximum absolute atomic E-state index is 13.6. The molecule has 2 saturated heterocycles. The molecule has 6 aromatic heterocycles. The zero-order valence-corrected chi connectivity index (χ0v) is 50.6. The van der Waals surface area contributed by atoms with Crippen LogP contribution in [0.15, 0.2) is 112 Å². The van der Waals surface area contributed by atoms with Crippen molar-refractivity contribution in [1.29, 1.82) is 5.26 Å². The Hall–Kier alpha value is -7.09. The number of carbonyl (C=O) groups excluding carboxylic acids is 2. The Bertz CT molecular complexity index is 3680. The molecule has 10 rings (SSSR count). The summed E-state index contributed by atoms with van der Waals surface area (Å²) in [7, 11) is -8.56. The van der Waals surface area contributed by atoms with Gasteiger partial charge in [0.25, 0.3) is 31.9 Å². The summed E-state index contributed by atoms with van der Waals surface area (Å²) < 4.78 is 58.6. The van der Waals surface area contributed by atoms with Crippen LogP contribution in [0.25, 0.3) is 0 Å². The lowest BCUT2D eigenvalue weighted by Crippen LogP contribution is -2.41. The molecule has 4 aliphatic heterocycles. The van der Waals surface area contributed by atoms with E-state index in [-0.39, 0.29) is 63.9 Å². The number of amides is 2. The van der Waals surface area contributed by atoms with Gasteiger partial charge >= 0.3 is 0 Å². The van der Waals surface area contributed by atoms with Gasteiger partial charge in [-0.25, -0.2) is 39.3 Å². The molecule has 10 heterocycles. The zero-order valence-electron chi connectivity index (χ0n) is 47.4. The normalized spacial score (nSPS) is 22.1. The van der Waals surface area contributed by atoms with E-state index in [9.17, 15) is 31.7 Å². The fourth-order valence-corrected chi connectivity index (χ4v) is 13.5. The molecular weight excluding hydrogens is 1130 g/mol. The predicted octanol–water partition coefficient (Wildman–Crippen LogP) is 10.8. The fourth-order valence-electron chi connectivity index (χ4n) is 11.2. The highest BCUT2D eigenvalue weighted by molar-refractivity contribution is 9.10. The molecule has 0 saturated carbocycles. The Morgan fingerprint density at radius 3 is 1.41 bits per heavy atom. The lowest BCUT2D eigenvalue weighted by molar-refractivity contribution is 0.0972. The molecule has 2 amide bonds. The minimum Gasteiger partial charge on any atom is -0.362 e. The van der Waals surface area contributed by atoms with Gasteiger partial charge in [0, 0.05) is 49.2 Å². The second-order valence-corrected chi connectivity index (χ2v) is 28.8. The third-order valence-electron chi connectivity index (χ3n) is 15.4. The van der Waals surface area contributed by atoms with E-state index in [0.717, 1.165) is 53.8 Å². The van der Waals surface area contributed by atoms with Crippen LogP contribution in [0.3, 0.4) is 0 Å². The Kier molecular flexibility index (Phi) is 16.2. The second kappa shape index (κ2) is 22.3. The number of sulfonamides is 2. The van der Waals surface area contributed by atoms with Crippen molar-refractivity contribution < 1.29 is 29.3 Å². The van der Waals surface area contributed by atoms with Crippen molar-refractivity contribution >= 4 is 71.1 Å². The quantitative estimate of drug-likeness (QED) is 0.118. The van der Waals surface area contributed by atoms with E-state index in [0.29, 0.717) is 60.1 Å². The molecule has 4 aliphatic rings. The fraction of sp³-hybridized carbons (Fsp3) is 0.441. The Morgan fingerprint density at radius 1 is 0.568 bits per heavy atom. The number of nitrogens with zero attached hydrogens (tertiary/aromatic N) is 9. The van der Waals surface area contributed by atoms with Crippen LogP contribution in [0.1, 0.15) is 172 Å². The molecule has 4 N–H and O–H groups in total.